The van der Waals surface area contributed by atoms with Crippen LogP contribution in [0.15, 0.2) is 33.9 Å². The number of hydrogen-bond donors (Lipinski definition) is 1. The normalized spacial score (nSPS) is 11.0. The monoisotopic (exact) mass is 369 g/mol. The van der Waals surface area contributed by atoms with E-state index in [-0.39, 0.29) is 5.75 Å². The molecule has 7 heteroatoms. The topological polar surface area (TPSA) is 68.0 Å². The molecule has 1 N–H and O–H groups in total. The molecular weight excluding hydrogens is 354 g/mol. The first-order valence-corrected chi connectivity index (χ1v) is 8.29. The highest BCUT2D eigenvalue weighted by molar-refractivity contribution is 9.10. The SMILES string of the molecule is CC(C)Cn1c(SCC(=O)O)nnc1-c1ccccc1Br. The van der Waals surface area contributed by atoms with Gasteiger partial charge in [0, 0.05) is 16.6 Å². The van der Waals surface area contributed by atoms with E-state index < -0.39 is 5.97 Å². The van der Waals surface area contributed by atoms with Crippen LogP contribution in [0.2, 0.25) is 0 Å². The Morgan fingerprint density at radius 3 is 2.71 bits per heavy atom. The number of rotatable bonds is 6. The lowest BCUT2D eigenvalue weighted by molar-refractivity contribution is -0.133. The first-order valence-electron chi connectivity index (χ1n) is 6.51. The zero-order valence-electron chi connectivity index (χ0n) is 11.8. The Kier molecular flexibility index (Phi) is 5.41. The van der Waals surface area contributed by atoms with E-state index in [1.165, 1.54) is 11.8 Å². The van der Waals surface area contributed by atoms with Gasteiger partial charge in [0.15, 0.2) is 11.0 Å². The molecule has 1 aromatic carbocycles. The molecule has 2 rings (SSSR count). The van der Waals surface area contributed by atoms with Crippen LogP contribution in [0.25, 0.3) is 11.4 Å². The predicted molar refractivity (Wildman–Crippen MR) is 86.4 cm³/mol. The molecule has 2 aromatic rings. The second kappa shape index (κ2) is 7.09. The highest BCUT2D eigenvalue weighted by Crippen LogP contribution is 2.30. The van der Waals surface area contributed by atoms with E-state index in [0.717, 1.165) is 22.4 Å². The summed E-state index contributed by atoms with van der Waals surface area (Å²) < 4.78 is 2.93. The number of carboxylic acid groups (broad SMARTS) is 1. The van der Waals surface area contributed by atoms with Crippen molar-refractivity contribution in [1.82, 2.24) is 14.8 Å². The molecule has 0 aliphatic carbocycles. The van der Waals surface area contributed by atoms with Gasteiger partial charge >= 0.3 is 5.97 Å². The fourth-order valence-electron chi connectivity index (χ4n) is 1.89. The quantitative estimate of drug-likeness (QED) is 0.788. The number of thioether (sulfide) groups is 1. The molecule has 0 saturated carbocycles. The minimum Gasteiger partial charge on any atom is -0.481 e. The van der Waals surface area contributed by atoms with Gasteiger partial charge in [-0.15, -0.1) is 10.2 Å². The van der Waals surface area contributed by atoms with Gasteiger partial charge in [0.25, 0.3) is 0 Å². The second-order valence-corrected chi connectivity index (χ2v) is 6.77. The fourth-order valence-corrected chi connectivity index (χ4v) is 3.02. The van der Waals surface area contributed by atoms with Gasteiger partial charge in [0.05, 0.1) is 5.75 Å². The minimum absolute atomic E-state index is 0.0216. The van der Waals surface area contributed by atoms with Gasteiger partial charge in [0.1, 0.15) is 0 Å². The lowest BCUT2D eigenvalue weighted by Gasteiger charge is -2.12. The molecule has 0 aliphatic heterocycles. The molecule has 0 amide bonds. The molecule has 21 heavy (non-hydrogen) atoms. The van der Waals surface area contributed by atoms with Crippen molar-refractivity contribution in [3.8, 4) is 11.4 Å². The first-order chi connectivity index (χ1) is 9.99. The van der Waals surface area contributed by atoms with Crippen molar-refractivity contribution in [1.29, 1.82) is 0 Å². The average Bonchev–Trinajstić information content (AvgIpc) is 2.79. The van der Waals surface area contributed by atoms with Crippen LogP contribution in [0.1, 0.15) is 13.8 Å². The Labute approximate surface area is 135 Å². The summed E-state index contributed by atoms with van der Waals surface area (Å²) in [7, 11) is 0. The van der Waals surface area contributed by atoms with Gasteiger partial charge < -0.3 is 9.67 Å². The molecule has 0 bridgehead atoms. The summed E-state index contributed by atoms with van der Waals surface area (Å²) in [6.45, 7) is 4.95. The van der Waals surface area contributed by atoms with Crippen molar-refractivity contribution < 1.29 is 9.90 Å². The number of carbonyl (C=O) groups is 1. The summed E-state index contributed by atoms with van der Waals surface area (Å²) in [5.41, 5.74) is 0.952. The largest absolute Gasteiger partial charge is 0.481 e. The lowest BCUT2D eigenvalue weighted by atomic mass is 10.2. The van der Waals surface area contributed by atoms with Crippen molar-refractivity contribution in [2.75, 3.05) is 5.75 Å². The summed E-state index contributed by atoms with van der Waals surface area (Å²) in [6.07, 6.45) is 0. The first kappa shape index (κ1) is 16.0. The van der Waals surface area contributed by atoms with E-state index in [1.807, 2.05) is 28.8 Å². The summed E-state index contributed by atoms with van der Waals surface area (Å²) in [5.74, 6) is 0.281. The molecule has 0 aliphatic rings. The number of nitrogens with zero attached hydrogens (tertiary/aromatic N) is 3. The zero-order chi connectivity index (χ0) is 15.4. The molecule has 5 nitrogen and oxygen atoms in total. The third kappa shape index (κ3) is 4.07. The van der Waals surface area contributed by atoms with Gasteiger partial charge in [-0.05, 0) is 12.0 Å². The van der Waals surface area contributed by atoms with E-state index in [2.05, 4.69) is 40.0 Å². The van der Waals surface area contributed by atoms with E-state index in [1.54, 1.807) is 0 Å². The van der Waals surface area contributed by atoms with Gasteiger partial charge in [-0.2, -0.15) is 0 Å². The van der Waals surface area contributed by atoms with Gasteiger partial charge in [0.2, 0.25) is 0 Å². The van der Waals surface area contributed by atoms with E-state index in [4.69, 9.17) is 5.11 Å². The Morgan fingerprint density at radius 2 is 2.10 bits per heavy atom. The van der Waals surface area contributed by atoms with Gasteiger partial charge in [-0.1, -0.05) is 59.7 Å². The van der Waals surface area contributed by atoms with Crippen LogP contribution in [0.3, 0.4) is 0 Å². The summed E-state index contributed by atoms with van der Waals surface area (Å²) in [4.78, 5) is 10.8. The smallest absolute Gasteiger partial charge is 0.313 e. The average molecular weight is 370 g/mol. The van der Waals surface area contributed by atoms with Crippen molar-refractivity contribution in [2.45, 2.75) is 25.5 Å². The van der Waals surface area contributed by atoms with E-state index >= 15 is 0 Å². The standard InChI is InChI=1S/C14H16BrN3O2S/c1-9(2)7-18-13(10-5-3-4-6-11(10)15)16-17-14(18)21-8-12(19)20/h3-6,9H,7-8H2,1-2H3,(H,19,20). The van der Waals surface area contributed by atoms with Crippen LogP contribution in [0, 0.1) is 5.92 Å². The molecule has 0 radical (unpaired) electrons. The molecular formula is C14H16BrN3O2S. The fraction of sp³-hybridized carbons (Fsp3) is 0.357. The van der Waals surface area contributed by atoms with Crippen LogP contribution in [-0.2, 0) is 11.3 Å². The highest BCUT2D eigenvalue weighted by Gasteiger charge is 2.17. The molecule has 0 fully saturated rings. The zero-order valence-corrected chi connectivity index (χ0v) is 14.2. The maximum absolute atomic E-state index is 10.8. The van der Waals surface area contributed by atoms with E-state index in [0.29, 0.717) is 11.1 Å². The Morgan fingerprint density at radius 1 is 1.38 bits per heavy atom. The van der Waals surface area contributed by atoms with Crippen molar-refractivity contribution in [3.05, 3.63) is 28.7 Å². The summed E-state index contributed by atoms with van der Waals surface area (Å²) in [6, 6.07) is 7.81. The van der Waals surface area contributed by atoms with Crippen molar-refractivity contribution >= 4 is 33.7 Å². The Bertz CT molecular complexity index is 643. The highest BCUT2D eigenvalue weighted by atomic mass is 79.9. The number of halogens is 1. The van der Waals surface area contributed by atoms with Gasteiger partial charge in [-0.3, -0.25) is 4.79 Å². The predicted octanol–water partition coefficient (Wildman–Crippen LogP) is 3.54. The van der Waals surface area contributed by atoms with Crippen LogP contribution < -0.4 is 0 Å². The van der Waals surface area contributed by atoms with Crippen molar-refractivity contribution in [3.63, 3.8) is 0 Å². The third-order valence-corrected chi connectivity index (χ3v) is 4.35. The molecule has 1 aromatic heterocycles. The number of aromatic nitrogens is 3. The molecule has 0 saturated heterocycles. The number of carboxylic acids is 1. The van der Waals surface area contributed by atoms with Crippen molar-refractivity contribution in [2.24, 2.45) is 5.92 Å². The molecule has 0 spiro atoms. The minimum atomic E-state index is -0.860. The Balaban J connectivity index is 2.41. The molecule has 0 unspecified atom stereocenters. The summed E-state index contributed by atoms with van der Waals surface area (Å²) in [5, 5.41) is 17.9. The lowest BCUT2D eigenvalue weighted by Crippen LogP contribution is -2.09. The van der Waals surface area contributed by atoms with Gasteiger partial charge in [-0.25, -0.2) is 0 Å². The van der Waals surface area contributed by atoms with Crippen LogP contribution in [0.4, 0.5) is 0 Å². The number of aliphatic carboxylic acids is 1. The van der Waals surface area contributed by atoms with Crippen LogP contribution >= 0.6 is 27.7 Å². The number of hydrogen-bond acceptors (Lipinski definition) is 4. The third-order valence-electron chi connectivity index (χ3n) is 2.70. The number of benzene rings is 1. The second-order valence-electron chi connectivity index (χ2n) is 4.97. The van der Waals surface area contributed by atoms with E-state index in [9.17, 15) is 4.79 Å². The summed E-state index contributed by atoms with van der Waals surface area (Å²) >= 11 is 4.72. The molecule has 112 valence electrons. The van der Waals surface area contributed by atoms with Crippen LogP contribution in [0.5, 0.6) is 0 Å². The molecule has 0 atom stereocenters. The maximum Gasteiger partial charge on any atom is 0.313 e. The Hall–Kier alpha value is -1.34. The molecule has 1 heterocycles. The van der Waals surface area contributed by atoms with Crippen LogP contribution in [-0.4, -0.2) is 31.6 Å². The maximum atomic E-state index is 10.8.